The van der Waals surface area contributed by atoms with Crippen molar-refractivity contribution in [2.45, 2.75) is 38.5 Å². The van der Waals surface area contributed by atoms with Crippen LogP contribution in [-0.2, 0) is 20.7 Å². The van der Waals surface area contributed by atoms with E-state index < -0.39 is 47.3 Å². The number of barbiturate groups is 1. The summed E-state index contributed by atoms with van der Waals surface area (Å²) in [5.74, 6) is -1.83. The third-order valence-corrected chi connectivity index (χ3v) is 7.80. The van der Waals surface area contributed by atoms with Crippen LogP contribution >= 0.6 is 0 Å². The number of nitrogens with zero attached hydrogens (tertiary/aromatic N) is 4. The van der Waals surface area contributed by atoms with Gasteiger partial charge in [0.15, 0.2) is 17.1 Å². The summed E-state index contributed by atoms with van der Waals surface area (Å²) in [4.78, 5) is 54.6. The van der Waals surface area contributed by atoms with Crippen LogP contribution in [0.3, 0.4) is 0 Å². The first-order valence-electron chi connectivity index (χ1n) is 12.0. The molecule has 3 fully saturated rings. The number of morpholine rings is 1. The number of nitrogens with one attached hydrogen (secondary N) is 2. The lowest BCUT2D eigenvalue weighted by atomic mass is 9.66. The number of benzene rings is 1. The number of hydrogen-bond acceptors (Lipinski definition) is 9. The Bertz CT molecular complexity index is 1330. The normalized spacial score (nSPS) is 27.2. The molecular formula is C23H25FN6O7. The van der Waals surface area contributed by atoms with Gasteiger partial charge in [0.25, 0.3) is 0 Å². The van der Waals surface area contributed by atoms with Crippen LogP contribution in [-0.4, -0.2) is 90.1 Å². The lowest BCUT2D eigenvalue weighted by Gasteiger charge is -2.55. The van der Waals surface area contributed by atoms with E-state index in [9.17, 15) is 24.3 Å². The van der Waals surface area contributed by atoms with E-state index in [4.69, 9.17) is 9.26 Å². The minimum atomic E-state index is -1.73. The van der Waals surface area contributed by atoms with E-state index in [1.165, 1.54) is 4.90 Å². The molecule has 3 N–H and O–H groups in total. The van der Waals surface area contributed by atoms with Crippen LogP contribution in [0.4, 0.5) is 25.5 Å². The Labute approximate surface area is 209 Å². The monoisotopic (exact) mass is 516 g/mol. The van der Waals surface area contributed by atoms with Crippen LogP contribution in [0.2, 0.25) is 0 Å². The zero-order chi connectivity index (χ0) is 26.2. The van der Waals surface area contributed by atoms with Gasteiger partial charge in [0, 0.05) is 39.1 Å². The summed E-state index contributed by atoms with van der Waals surface area (Å²) in [6.45, 7) is 4.92. The summed E-state index contributed by atoms with van der Waals surface area (Å²) < 4.78 is 27.6. The van der Waals surface area contributed by atoms with E-state index in [0.717, 1.165) is 0 Å². The number of imide groups is 2. The van der Waals surface area contributed by atoms with E-state index >= 15 is 4.39 Å². The summed E-state index contributed by atoms with van der Waals surface area (Å²) in [5.41, 5.74) is -1.19. The Morgan fingerprint density at radius 2 is 1.84 bits per heavy atom. The van der Waals surface area contributed by atoms with Crippen LogP contribution in [0.25, 0.3) is 11.0 Å². The molecule has 3 atom stereocenters. The van der Waals surface area contributed by atoms with Gasteiger partial charge < -0.3 is 29.1 Å². The zero-order valence-corrected chi connectivity index (χ0v) is 20.1. The molecule has 14 heteroatoms. The lowest BCUT2D eigenvalue weighted by Crippen LogP contribution is -2.75. The van der Waals surface area contributed by atoms with Crippen LogP contribution in [0, 0.1) is 11.2 Å². The molecule has 0 unspecified atom stereocenters. The molecule has 3 saturated heterocycles. The maximum Gasteiger partial charge on any atom is 0.407 e. The van der Waals surface area contributed by atoms with Gasteiger partial charge in [0.1, 0.15) is 0 Å². The Morgan fingerprint density at radius 1 is 1.16 bits per heavy atom. The fourth-order valence-electron chi connectivity index (χ4n) is 6.27. The van der Waals surface area contributed by atoms with Gasteiger partial charge in [-0.15, -0.1) is 0 Å². The number of urea groups is 1. The van der Waals surface area contributed by atoms with Crippen molar-refractivity contribution in [1.29, 1.82) is 0 Å². The number of carbonyl (C=O) groups is 4. The third kappa shape index (κ3) is 3.27. The minimum absolute atomic E-state index is 0.0661. The van der Waals surface area contributed by atoms with Crippen molar-refractivity contribution >= 4 is 46.4 Å². The van der Waals surface area contributed by atoms with Crippen LogP contribution in [0.5, 0.6) is 0 Å². The van der Waals surface area contributed by atoms with E-state index in [1.54, 1.807) is 17.9 Å². The largest absolute Gasteiger partial charge is 0.465 e. The Kier molecular flexibility index (Phi) is 5.09. The second kappa shape index (κ2) is 8.03. The van der Waals surface area contributed by atoms with Gasteiger partial charge in [0.05, 0.1) is 29.3 Å². The molecule has 196 valence electrons. The van der Waals surface area contributed by atoms with Crippen LogP contribution < -0.4 is 20.4 Å². The summed E-state index contributed by atoms with van der Waals surface area (Å²) in [6.07, 6.45) is -2.13. The topological polar surface area (TPSA) is 158 Å². The van der Waals surface area contributed by atoms with E-state index in [-0.39, 0.29) is 43.4 Å². The number of aromatic nitrogens is 1. The highest BCUT2D eigenvalue weighted by molar-refractivity contribution is 6.20. The predicted octanol–water partition coefficient (Wildman–Crippen LogP) is 0.658. The number of fused-ring (bicyclic) bond motifs is 5. The summed E-state index contributed by atoms with van der Waals surface area (Å²) in [7, 11) is 0. The summed E-state index contributed by atoms with van der Waals surface area (Å²) in [5, 5.41) is 18.1. The molecule has 4 aliphatic rings. The van der Waals surface area contributed by atoms with Crippen LogP contribution in [0.15, 0.2) is 10.6 Å². The molecule has 1 aromatic heterocycles. The van der Waals surface area contributed by atoms with Crippen molar-refractivity contribution in [1.82, 2.24) is 20.7 Å². The smallest absolute Gasteiger partial charge is 0.407 e. The molecule has 6 rings (SSSR count). The molecule has 5 heterocycles. The molecule has 4 aliphatic heterocycles. The van der Waals surface area contributed by atoms with Crippen molar-refractivity contribution in [3.05, 3.63) is 17.4 Å². The fourth-order valence-corrected chi connectivity index (χ4v) is 6.27. The van der Waals surface area contributed by atoms with Gasteiger partial charge in [-0.1, -0.05) is 5.16 Å². The predicted molar refractivity (Wildman–Crippen MR) is 125 cm³/mol. The van der Waals surface area contributed by atoms with Gasteiger partial charge >= 0.3 is 12.1 Å². The van der Waals surface area contributed by atoms with Gasteiger partial charge in [-0.2, -0.15) is 0 Å². The average molecular weight is 516 g/mol. The van der Waals surface area contributed by atoms with E-state index in [1.807, 2.05) is 11.8 Å². The second-order valence-electron chi connectivity index (χ2n) is 9.97. The first kappa shape index (κ1) is 23.5. The quantitative estimate of drug-likeness (QED) is 0.460. The number of anilines is 2. The summed E-state index contributed by atoms with van der Waals surface area (Å²) >= 11 is 0. The van der Waals surface area contributed by atoms with Crippen molar-refractivity contribution in [3.63, 3.8) is 0 Å². The molecule has 2 aromatic rings. The molecule has 37 heavy (non-hydrogen) atoms. The van der Waals surface area contributed by atoms with Gasteiger partial charge in [0.2, 0.25) is 17.4 Å². The standard InChI is InChI=1S/C23H25FN6O7/c1-10-9-30-15-12(8-23(17(30)11(2)36-10)19(31)25-21(33)26-20(23)32)7-13-16(14(15)24)37-27-18(13)28-3-5-29(6-4-28)22(34)35/h7,10-11,17H,3-6,8-9H2,1-2H3,(H,34,35)(H2,25,26,31,32,33)/t10-,11+,17-/m0/s1. The molecule has 1 aromatic carbocycles. The number of carboxylic acid groups (broad SMARTS) is 1. The average Bonchev–Trinajstić information content (AvgIpc) is 3.26. The molecule has 1 spiro atoms. The Balaban J connectivity index is 1.49. The van der Waals surface area contributed by atoms with E-state index in [2.05, 4.69) is 15.8 Å². The number of halogens is 1. The van der Waals surface area contributed by atoms with E-state index in [0.29, 0.717) is 29.9 Å². The molecule has 0 aliphatic carbocycles. The van der Waals surface area contributed by atoms with Gasteiger partial charge in [-0.3, -0.25) is 20.2 Å². The molecule has 5 amide bonds. The highest BCUT2D eigenvalue weighted by Crippen LogP contribution is 2.49. The number of carbonyl (C=O) groups excluding carboxylic acids is 3. The minimum Gasteiger partial charge on any atom is -0.465 e. The number of piperazine rings is 1. The molecule has 0 saturated carbocycles. The summed E-state index contributed by atoms with van der Waals surface area (Å²) in [6, 6.07) is -0.106. The van der Waals surface area contributed by atoms with Gasteiger partial charge in [-0.25, -0.2) is 14.0 Å². The lowest BCUT2D eigenvalue weighted by molar-refractivity contribution is -0.153. The molecular weight excluding hydrogens is 491 g/mol. The van der Waals surface area contributed by atoms with Crippen molar-refractivity contribution in [2.75, 3.05) is 42.5 Å². The SMILES string of the molecule is C[C@H]1CN2c3c(cc4c(N5CCN(C(=O)O)CC5)noc4c3F)CC3(C(=O)NC(=O)NC3=O)[C@@H]2[C@@H](C)O1. The number of amides is 5. The molecule has 13 nitrogen and oxygen atoms in total. The van der Waals surface area contributed by atoms with Crippen molar-refractivity contribution in [2.24, 2.45) is 5.41 Å². The molecule has 0 bridgehead atoms. The van der Waals surface area contributed by atoms with Crippen LogP contribution in [0.1, 0.15) is 19.4 Å². The second-order valence-corrected chi connectivity index (χ2v) is 9.97. The maximum atomic E-state index is 16.2. The third-order valence-electron chi connectivity index (χ3n) is 7.80. The Hall–Kier alpha value is -3.94. The first-order valence-corrected chi connectivity index (χ1v) is 12.0. The van der Waals surface area contributed by atoms with Gasteiger partial charge in [-0.05, 0) is 25.5 Å². The van der Waals surface area contributed by atoms with Crippen molar-refractivity contribution in [3.8, 4) is 0 Å². The number of rotatable bonds is 1. The highest BCUT2D eigenvalue weighted by atomic mass is 19.1. The number of ether oxygens (including phenoxy) is 1. The number of hydrogen-bond donors (Lipinski definition) is 3. The fraction of sp³-hybridized carbons (Fsp3) is 0.522. The first-order chi connectivity index (χ1) is 17.6. The Morgan fingerprint density at radius 3 is 2.49 bits per heavy atom. The molecule has 0 radical (unpaired) electrons. The van der Waals surface area contributed by atoms with Crippen molar-refractivity contribution < 1.29 is 37.9 Å². The highest BCUT2D eigenvalue weighted by Gasteiger charge is 2.63. The zero-order valence-electron chi connectivity index (χ0n) is 20.1. The maximum absolute atomic E-state index is 16.2.